The first kappa shape index (κ1) is 23.0. The first-order valence-electron chi connectivity index (χ1n) is 10.0. The monoisotopic (exact) mass is 530 g/mol. The molecule has 0 radical (unpaired) electrons. The highest BCUT2D eigenvalue weighted by atomic mass is 79.9. The average Bonchev–Trinajstić information content (AvgIpc) is 3.25. The van der Waals surface area contributed by atoms with E-state index in [1.165, 1.54) is 36.4 Å². The number of oxazole rings is 1. The minimum atomic E-state index is -3.96. The van der Waals surface area contributed by atoms with Gasteiger partial charge in [-0.1, -0.05) is 28.1 Å². The lowest BCUT2D eigenvalue weighted by Crippen LogP contribution is -2.09. The summed E-state index contributed by atoms with van der Waals surface area (Å²) >= 11 is 3.31. The molecule has 1 aromatic heterocycles. The molecular formula is C24H20BrFN2O4S. The Balaban J connectivity index is 1.64. The standard InChI is InChI=1S/C24H20BrFN2O4S/c1-31-20-10-2-16(3-11-20)14-15-27-23-24(33(29,30)21-12-6-18(25)7-13-21)28-22(32-23)17-4-8-19(26)9-5-17/h2-13,27H,14-15H2,1H3. The predicted molar refractivity (Wildman–Crippen MR) is 127 cm³/mol. The number of nitrogens with zero attached hydrogens (tertiary/aromatic N) is 1. The third kappa shape index (κ3) is 5.26. The van der Waals surface area contributed by atoms with Crippen molar-refractivity contribution >= 4 is 31.7 Å². The number of aromatic nitrogens is 1. The molecule has 0 aliphatic rings. The smallest absolute Gasteiger partial charge is 0.233 e. The number of nitrogens with one attached hydrogen (secondary N) is 1. The third-order valence-corrected chi connectivity index (χ3v) is 7.13. The Labute approximate surface area is 199 Å². The van der Waals surface area contributed by atoms with Crippen LogP contribution in [0, 0.1) is 5.82 Å². The van der Waals surface area contributed by atoms with Crippen molar-refractivity contribution in [2.75, 3.05) is 19.0 Å². The maximum Gasteiger partial charge on any atom is 0.233 e. The minimum absolute atomic E-state index is 0.0331. The van der Waals surface area contributed by atoms with Gasteiger partial charge >= 0.3 is 0 Å². The molecule has 4 aromatic rings. The molecule has 0 spiro atoms. The fraction of sp³-hybridized carbons (Fsp3) is 0.125. The van der Waals surface area contributed by atoms with Crippen LogP contribution in [0.4, 0.5) is 10.3 Å². The van der Waals surface area contributed by atoms with Gasteiger partial charge in [0.2, 0.25) is 26.6 Å². The molecule has 9 heteroatoms. The zero-order chi connectivity index (χ0) is 23.4. The van der Waals surface area contributed by atoms with Crippen LogP contribution >= 0.6 is 15.9 Å². The van der Waals surface area contributed by atoms with Crippen LogP contribution in [-0.4, -0.2) is 27.1 Å². The number of hydrogen-bond acceptors (Lipinski definition) is 6. The summed E-state index contributed by atoms with van der Waals surface area (Å²) in [5.74, 6) is 0.461. The molecule has 0 fully saturated rings. The first-order valence-corrected chi connectivity index (χ1v) is 12.3. The average molecular weight is 531 g/mol. The zero-order valence-corrected chi connectivity index (χ0v) is 20.0. The molecule has 0 atom stereocenters. The predicted octanol–water partition coefficient (Wildman–Crippen LogP) is 5.74. The number of anilines is 1. The van der Waals surface area contributed by atoms with Crippen molar-refractivity contribution in [3.63, 3.8) is 0 Å². The van der Waals surface area contributed by atoms with E-state index in [1.807, 2.05) is 24.3 Å². The quantitative estimate of drug-likeness (QED) is 0.313. The van der Waals surface area contributed by atoms with E-state index in [2.05, 4.69) is 26.2 Å². The van der Waals surface area contributed by atoms with Gasteiger partial charge in [-0.05, 0) is 72.6 Å². The number of sulfone groups is 1. The molecule has 4 rings (SSSR count). The van der Waals surface area contributed by atoms with Gasteiger partial charge in [0.25, 0.3) is 0 Å². The largest absolute Gasteiger partial charge is 0.497 e. The van der Waals surface area contributed by atoms with E-state index < -0.39 is 15.7 Å². The van der Waals surface area contributed by atoms with Crippen LogP contribution in [0.2, 0.25) is 0 Å². The van der Waals surface area contributed by atoms with Gasteiger partial charge in [-0.3, -0.25) is 0 Å². The van der Waals surface area contributed by atoms with Gasteiger partial charge in [0.15, 0.2) is 0 Å². The molecule has 0 unspecified atom stereocenters. The second kappa shape index (κ2) is 9.76. The fourth-order valence-corrected chi connectivity index (χ4v) is 4.70. The molecule has 33 heavy (non-hydrogen) atoms. The minimum Gasteiger partial charge on any atom is -0.497 e. The second-order valence-electron chi connectivity index (χ2n) is 7.14. The summed E-state index contributed by atoms with van der Waals surface area (Å²) in [6, 6.07) is 19.4. The highest BCUT2D eigenvalue weighted by molar-refractivity contribution is 9.10. The van der Waals surface area contributed by atoms with Crippen LogP contribution in [0.1, 0.15) is 5.56 Å². The summed E-state index contributed by atoms with van der Waals surface area (Å²) in [4.78, 5) is 4.35. The summed E-state index contributed by atoms with van der Waals surface area (Å²) in [7, 11) is -2.36. The molecule has 1 N–H and O–H groups in total. The molecule has 170 valence electrons. The Kier molecular flexibility index (Phi) is 6.80. The van der Waals surface area contributed by atoms with E-state index in [1.54, 1.807) is 19.2 Å². The van der Waals surface area contributed by atoms with E-state index in [4.69, 9.17) is 9.15 Å². The Bertz CT molecular complexity index is 1340. The van der Waals surface area contributed by atoms with Crippen molar-refractivity contribution in [1.82, 2.24) is 4.98 Å². The Hall–Kier alpha value is -3.17. The van der Waals surface area contributed by atoms with Gasteiger partial charge in [0.05, 0.1) is 12.0 Å². The van der Waals surface area contributed by atoms with E-state index >= 15 is 0 Å². The SMILES string of the molecule is COc1ccc(CCNc2oc(-c3ccc(F)cc3)nc2S(=O)(=O)c2ccc(Br)cc2)cc1. The van der Waals surface area contributed by atoms with Crippen molar-refractivity contribution < 1.29 is 22.0 Å². The molecule has 0 aliphatic heterocycles. The van der Waals surface area contributed by atoms with Crippen molar-refractivity contribution in [1.29, 1.82) is 0 Å². The normalized spacial score (nSPS) is 11.4. The Morgan fingerprint density at radius 3 is 2.30 bits per heavy atom. The molecule has 3 aromatic carbocycles. The van der Waals surface area contributed by atoms with Gasteiger partial charge in [-0.15, -0.1) is 0 Å². The number of rotatable bonds is 8. The molecular weight excluding hydrogens is 511 g/mol. The molecule has 0 aliphatic carbocycles. The van der Waals surface area contributed by atoms with Gasteiger partial charge in [-0.25, -0.2) is 12.8 Å². The van der Waals surface area contributed by atoms with Crippen molar-refractivity contribution in [2.45, 2.75) is 16.3 Å². The molecule has 0 amide bonds. The highest BCUT2D eigenvalue weighted by Crippen LogP contribution is 2.33. The lowest BCUT2D eigenvalue weighted by Gasteiger charge is -2.07. The van der Waals surface area contributed by atoms with E-state index in [-0.39, 0.29) is 21.7 Å². The van der Waals surface area contributed by atoms with E-state index in [9.17, 15) is 12.8 Å². The van der Waals surface area contributed by atoms with Gasteiger partial charge in [0.1, 0.15) is 11.6 Å². The van der Waals surface area contributed by atoms with Crippen LogP contribution in [0.3, 0.4) is 0 Å². The molecule has 1 heterocycles. The van der Waals surface area contributed by atoms with Crippen molar-refractivity contribution in [3.05, 3.63) is 88.6 Å². The fourth-order valence-electron chi connectivity index (χ4n) is 3.15. The summed E-state index contributed by atoms with van der Waals surface area (Å²) in [5, 5.41) is 2.83. The number of halogens is 2. The Morgan fingerprint density at radius 2 is 1.67 bits per heavy atom. The second-order valence-corrected chi connectivity index (χ2v) is 9.92. The van der Waals surface area contributed by atoms with Crippen LogP contribution in [0.25, 0.3) is 11.5 Å². The van der Waals surface area contributed by atoms with Gasteiger partial charge < -0.3 is 14.5 Å². The van der Waals surface area contributed by atoms with Gasteiger partial charge in [0, 0.05) is 16.6 Å². The maximum atomic E-state index is 13.3. The number of benzene rings is 3. The summed E-state index contributed by atoms with van der Waals surface area (Å²) in [6.45, 7) is 0.410. The van der Waals surface area contributed by atoms with E-state index in [0.717, 1.165) is 15.8 Å². The van der Waals surface area contributed by atoms with Crippen LogP contribution < -0.4 is 10.1 Å². The molecule has 0 saturated carbocycles. The van der Waals surface area contributed by atoms with Crippen LogP contribution in [0.15, 0.2) is 91.6 Å². The van der Waals surface area contributed by atoms with Crippen LogP contribution in [0.5, 0.6) is 5.75 Å². The summed E-state index contributed by atoms with van der Waals surface area (Å²) < 4.78 is 51.7. The zero-order valence-electron chi connectivity index (χ0n) is 17.6. The topological polar surface area (TPSA) is 81.4 Å². The van der Waals surface area contributed by atoms with Crippen molar-refractivity contribution in [3.8, 4) is 17.2 Å². The highest BCUT2D eigenvalue weighted by Gasteiger charge is 2.28. The summed E-state index contributed by atoms with van der Waals surface area (Å²) in [5.41, 5.74) is 1.51. The first-order chi connectivity index (χ1) is 15.9. The molecule has 6 nitrogen and oxygen atoms in total. The van der Waals surface area contributed by atoms with Gasteiger partial charge in [-0.2, -0.15) is 4.98 Å². The lowest BCUT2D eigenvalue weighted by molar-refractivity contribution is 0.414. The number of ether oxygens (including phenoxy) is 1. The maximum absolute atomic E-state index is 13.3. The Morgan fingerprint density at radius 1 is 1.00 bits per heavy atom. The van der Waals surface area contributed by atoms with E-state index in [0.29, 0.717) is 18.5 Å². The number of methoxy groups -OCH3 is 1. The van der Waals surface area contributed by atoms with Crippen LogP contribution in [-0.2, 0) is 16.3 Å². The summed E-state index contributed by atoms with van der Waals surface area (Å²) in [6.07, 6.45) is 0.619. The number of hydrogen-bond donors (Lipinski definition) is 1. The van der Waals surface area contributed by atoms with Crippen molar-refractivity contribution in [2.24, 2.45) is 0 Å². The molecule has 0 saturated heterocycles. The lowest BCUT2D eigenvalue weighted by atomic mass is 10.1. The third-order valence-electron chi connectivity index (χ3n) is 4.92. The molecule has 0 bridgehead atoms.